The lowest BCUT2D eigenvalue weighted by Gasteiger charge is -2.07. The van der Waals surface area contributed by atoms with Crippen LogP contribution in [0.5, 0.6) is 0 Å². The number of nitrogens with zero attached hydrogens (tertiary/aromatic N) is 1. The fourth-order valence-electron chi connectivity index (χ4n) is 1.33. The quantitative estimate of drug-likeness (QED) is 0.564. The molecule has 20 heavy (non-hydrogen) atoms. The third kappa shape index (κ3) is 5.54. The third-order valence-electron chi connectivity index (χ3n) is 2.44. The predicted octanol–water partition coefficient (Wildman–Crippen LogP) is 0.802. The van der Waals surface area contributed by atoms with Crippen LogP contribution in [0.2, 0.25) is 0 Å². The van der Waals surface area contributed by atoms with Crippen molar-refractivity contribution in [3.05, 3.63) is 11.1 Å². The van der Waals surface area contributed by atoms with Gasteiger partial charge in [0.15, 0.2) is 5.13 Å². The van der Waals surface area contributed by atoms with E-state index in [9.17, 15) is 9.59 Å². The highest BCUT2D eigenvalue weighted by atomic mass is 32.1. The largest absolute Gasteiger partial charge is 0.480 e. The number of amides is 1. The topological polar surface area (TPSA) is 117 Å². The third-order valence-corrected chi connectivity index (χ3v) is 3.26. The van der Waals surface area contributed by atoms with Crippen molar-refractivity contribution in [3.63, 3.8) is 0 Å². The highest BCUT2D eigenvalue weighted by molar-refractivity contribution is 7.13. The number of nitrogens with two attached hydrogens (primary N) is 1. The van der Waals surface area contributed by atoms with Crippen LogP contribution < -0.4 is 16.4 Å². The lowest BCUT2D eigenvalue weighted by atomic mass is 10.2. The number of carbonyl (C=O) groups excluding carboxylic acids is 1. The molecule has 1 atom stereocenters. The van der Waals surface area contributed by atoms with Gasteiger partial charge in [-0.15, -0.1) is 11.3 Å². The molecule has 0 saturated carbocycles. The maximum Gasteiger partial charge on any atom is 0.326 e. The van der Waals surface area contributed by atoms with Gasteiger partial charge in [0.1, 0.15) is 6.04 Å². The van der Waals surface area contributed by atoms with Crippen LogP contribution in [0.25, 0.3) is 0 Å². The molecule has 0 aliphatic rings. The first-order valence-corrected chi connectivity index (χ1v) is 7.22. The number of carboxylic acid groups (broad SMARTS) is 1. The molecule has 0 aliphatic carbocycles. The molecule has 1 aromatic rings. The van der Waals surface area contributed by atoms with E-state index >= 15 is 0 Å². The Kier molecular flexibility index (Phi) is 6.40. The zero-order valence-electron chi connectivity index (χ0n) is 11.5. The van der Waals surface area contributed by atoms with Crippen molar-refractivity contribution in [2.24, 2.45) is 11.7 Å². The summed E-state index contributed by atoms with van der Waals surface area (Å²) in [7, 11) is 0. The summed E-state index contributed by atoms with van der Waals surface area (Å²) in [5, 5.41) is 16.7. The van der Waals surface area contributed by atoms with E-state index in [4.69, 9.17) is 10.8 Å². The summed E-state index contributed by atoms with van der Waals surface area (Å²) in [5.74, 6) is -0.717. The molecule has 0 aromatic carbocycles. The number of carbonyl (C=O) groups is 2. The maximum atomic E-state index is 11.5. The highest BCUT2D eigenvalue weighted by Crippen LogP contribution is 2.19. The van der Waals surface area contributed by atoms with Crippen molar-refractivity contribution >= 4 is 28.3 Å². The fraction of sp³-hybridized carbons (Fsp3) is 0.583. The van der Waals surface area contributed by atoms with E-state index < -0.39 is 12.0 Å². The van der Waals surface area contributed by atoms with E-state index in [1.165, 1.54) is 11.3 Å². The summed E-state index contributed by atoms with van der Waals surface area (Å²) >= 11 is 1.27. The Morgan fingerprint density at radius 2 is 2.20 bits per heavy atom. The van der Waals surface area contributed by atoms with Gasteiger partial charge in [-0.2, -0.15) is 0 Å². The zero-order chi connectivity index (χ0) is 15.1. The molecule has 1 aromatic heterocycles. The summed E-state index contributed by atoms with van der Waals surface area (Å²) in [6.07, 6.45) is 0.340. The number of hydrogen-bond donors (Lipinski definition) is 4. The normalized spacial score (nSPS) is 12.2. The van der Waals surface area contributed by atoms with Gasteiger partial charge in [0.05, 0.1) is 5.69 Å². The van der Waals surface area contributed by atoms with Gasteiger partial charge >= 0.3 is 5.97 Å². The van der Waals surface area contributed by atoms with Crippen molar-refractivity contribution < 1.29 is 14.7 Å². The number of aliphatic carboxylic acids is 1. The predicted molar refractivity (Wildman–Crippen MR) is 77.6 cm³/mol. The Balaban J connectivity index is 2.32. The molecule has 1 amide bonds. The number of aromatic nitrogens is 1. The van der Waals surface area contributed by atoms with Crippen molar-refractivity contribution in [2.75, 3.05) is 18.4 Å². The number of thiazole rings is 1. The summed E-state index contributed by atoms with van der Waals surface area (Å²) in [5.41, 5.74) is 5.76. The molecule has 7 nitrogen and oxygen atoms in total. The second kappa shape index (κ2) is 7.81. The van der Waals surface area contributed by atoms with Crippen LogP contribution in [-0.2, 0) is 9.59 Å². The van der Waals surface area contributed by atoms with Crippen molar-refractivity contribution in [1.82, 2.24) is 10.3 Å². The van der Waals surface area contributed by atoms with Gasteiger partial charge in [-0.3, -0.25) is 9.59 Å². The molecule has 0 saturated heterocycles. The van der Waals surface area contributed by atoms with Crippen molar-refractivity contribution in [2.45, 2.75) is 26.3 Å². The summed E-state index contributed by atoms with van der Waals surface area (Å²) < 4.78 is 0. The minimum atomic E-state index is -1.12. The first kappa shape index (κ1) is 16.4. The van der Waals surface area contributed by atoms with Crippen LogP contribution in [0, 0.1) is 5.92 Å². The second-order valence-electron chi connectivity index (χ2n) is 4.77. The number of anilines is 1. The van der Waals surface area contributed by atoms with Gasteiger partial charge in [-0.05, 0) is 5.92 Å². The molecule has 112 valence electrons. The Morgan fingerprint density at radius 3 is 2.80 bits per heavy atom. The van der Waals surface area contributed by atoms with Crippen molar-refractivity contribution in [3.8, 4) is 0 Å². The van der Waals surface area contributed by atoms with Crippen molar-refractivity contribution in [1.29, 1.82) is 0 Å². The van der Waals surface area contributed by atoms with Gasteiger partial charge in [0.2, 0.25) is 5.91 Å². The van der Waals surface area contributed by atoms with E-state index in [1.54, 1.807) is 5.38 Å². The monoisotopic (exact) mass is 300 g/mol. The average Bonchev–Trinajstić information content (AvgIpc) is 2.84. The Morgan fingerprint density at radius 1 is 1.50 bits per heavy atom. The molecular weight excluding hydrogens is 280 g/mol. The zero-order valence-corrected chi connectivity index (χ0v) is 12.4. The molecule has 1 unspecified atom stereocenters. The van der Waals surface area contributed by atoms with E-state index in [0.717, 1.165) is 0 Å². The van der Waals surface area contributed by atoms with Crippen LogP contribution in [0.1, 0.15) is 32.0 Å². The standard InChI is InChI=1S/C12H20N4O3S/c1-7(2)5-15-9(17)3-4-14-12-16-8(6-20-12)10(13)11(18)19/h6-7,10H,3-5,13H2,1-2H3,(H,14,16)(H,15,17)(H,18,19). The maximum absolute atomic E-state index is 11.5. The Labute approximate surface area is 121 Å². The molecular formula is C12H20N4O3S. The minimum Gasteiger partial charge on any atom is -0.480 e. The molecule has 0 bridgehead atoms. The lowest BCUT2D eigenvalue weighted by Crippen LogP contribution is -2.28. The number of hydrogen-bond acceptors (Lipinski definition) is 6. The Hall–Kier alpha value is -1.67. The molecule has 0 spiro atoms. The van der Waals surface area contributed by atoms with Gasteiger partial charge < -0.3 is 21.5 Å². The summed E-state index contributed by atoms with van der Waals surface area (Å²) in [4.78, 5) is 26.3. The van der Waals surface area contributed by atoms with Crippen LogP contribution in [0.15, 0.2) is 5.38 Å². The molecule has 0 aliphatic heterocycles. The van der Waals surface area contributed by atoms with Gasteiger partial charge in [-0.25, -0.2) is 4.98 Å². The number of carboxylic acids is 1. The molecule has 0 fully saturated rings. The molecule has 5 N–H and O–H groups in total. The van der Waals surface area contributed by atoms with Crippen LogP contribution in [0.3, 0.4) is 0 Å². The van der Waals surface area contributed by atoms with Crippen LogP contribution in [-0.4, -0.2) is 35.1 Å². The molecule has 1 heterocycles. The fourth-order valence-corrected chi connectivity index (χ4v) is 2.10. The number of nitrogens with one attached hydrogen (secondary N) is 2. The van der Waals surface area contributed by atoms with Crippen LogP contribution in [0.4, 0.5) is 5.13 Å². The summed E-state index contributed by atoms with van der Waals surface area (Å²) in [6.45, 7) is 5.16. The van der Waals surface area contributed by atoms with Gasteiger partial charge in [0, 0.05) is 24.9 Å². The van der Waals surface area contributed by atoms with E-state index in [0.29, 0.717) is 36.3 Å². The van der Waals surface area contributed by atoms with E-state index in [2.05, 4.69) is 15.6 Å². The van der Waals surface area contributed by atoms with E-state index in [-0.39, 0.29) is 5.91 Å². The lowest BCUT2D eigenvalue weighted by molar-refractivity contribution is -0.138. The molecule has 8 heteroatoms. The van der Waals surface area contributed by atoms with Gasteiger partial charge in [-0.1, -0.05) is 13.8 Å². The van der Waals surface area contributed by atoms with Gasteiger partial charge in [0.25, 0.3) is 0 Å². The smallest absolute Gasteiger partial charge is 0.326 e. The van der Waals surface area contributed by atoms with Crippen LogP contribution >= 0.6 is 11.3 Å². The minimum absolute atomic E-state index is 0.0229. The second-order valence-corrected chi connectivity index (χ2v) is 5.63. The Bertz CT molecular complexity index is 461. The highest BCUT2D eigenvalue weighted by Gasteiger charge is 2.17. The first-order valence-electron chi connectivity index (χ1n) is 6.34. The SMILES string of the molecule is CC(C)CNC(=O)CCNc1nc(C(N)C(=O)O)cs1. The van der Waals surface area contributed by atoms with E-state index in [1.807, 2.05) is 13.8 Å². The number of rotatable bonds is 8. The molecule has 1 rings (SSSR count). The average molecular weight is 300 g/mol. The molecule has 0 radical (unpaired) electrons. The first-order chi connectivity index (χ1) is 9.40. The summed E-state index contributed by atoms with van der Waals surface area (Å²) in [6, 6.07) is -1.11.